The number of nitrogens with one attached hydrogen (secondary N) is 1. The van der Waals surface area contributed by atoms with Gasteiger partial charge in [0.25, 0.3) is 0 Å². The molecule has 2 fully saturated rings. The highest BCUT2D eigenvalue weighted by molar-refractivity contribution is 6.33. The van der Waals surface area contributed by atoms with Gasteiger partial charge < -0.3 is 10.2 Å². The molecule has 0 radical (unpaired) electrons. The normalized spacial score (nSPS) is 19.3. The molecule has 0 aliphatic carbocycles. The number of hydrogen-bond acceptors (Lipinski definition) is 4. The van der Waals surface area contributed by atoms with Gasteiger partial charge in [0.05, 0.1) is 23.8 Å². The van der Waals surface area contributed by atoms with Crippen molar-refractivity contribution in [3.63, 3.8) is 0 Å². The Bertz CT molecular complexity index is 626. The van der Waals surface area contributed by atoms with Gasteiger partial charge in [0, 0.05) is 39.3 Å². The molecular weight excluding hydrogens is 352 g/mol. The zero-order chi connectivity index (χ0) is 18.4. The molecule has 1 aromatic carbocycles. The maximum absolute atomic E-state index is 12.4. The first-order chi connectivity index (χ1) is 12.6. The number of para-hydroxylation sites is 1. The van der Waals surface area contributed by atoms with Crippen LogP contribution in [0.4, 0.5) is 5.69 Å². The van der Waals surface area contributed by atoms with Crippen LogP contribution in [0, 0.1) is 0 Å². The van der Waals surface area contributed by atoms with E-state index >= 15 is 0 Å². The molecular formula is C19H27ClN4O2. The summed E-state index contributed by atoms with van der Waals surface area (Å²) in [5, 5.41) is 3.40. The first-order valence-corrected chi connectivity index (χ1v) is 9.76. The average Bonchev–Trinajstić information content (AvgIpc) is 2.66. The van der Waals surface area contributed by atoms with Gasteiger partial charge in [-0.05, 0) is 31.4 Å². The molecule has 0 spiro atoms. The number of rotatable bonds is 5. The molecule has 2 aliphatic heterocycles. The Hall–Kier alpha value is -1.63. The van der Waals surface area contributed by atoms with Crippen LogP contribution < -0.4 is 5.32 Å². The van der Waals surface area contributed by atoms with Crippen LogP contribution in [0.2, 0.25) is 5.02 Å². The fourth-order valence-electron chi connectivity index (χ4n) is 3.50. The van der Waals surface area contributed by atoms with Gasteiger partial charge in [0.2, 0.25) is 11.8 Å². The number of likely N-dealkylation sites (tertiary alicyclic amines) is 1. The predicted octanol–water partition coefficient (Wildman–Crippen LogP) is 1.91. The van der Waals surface area contributed by atoms with Crippen LogP contribution in [-0.2, 0) is 9.59 Å². The first kappa shape index (κ1) is 19.1. The van der Waals surface area contributed by atoms with E-state index in [2.05, 4.69) is 15.1 Å². The molecule has 2 aliphatic rings. The van der Waals surface area contributed by atoms with E-state index in [9.17, 15) is 9.59 Å². The van der Waals surface area contributed by atoms with E-state index in [0.29, 0.717) is 23.8 Å². The second-order valence-corrected chi connectivity index (χ2v) is 7.43. The number of amides is 2. The van der Waals surface area contributed by atoms with E-state index in [-0.39, 0.29) is 11.8 Å². The van der Waals surface area contributed by atoms with Gasteiger partial charge in [-0.3, -0.25) is 19.4 Å². The average molecular weight is 379 g/mol. The number of benzene rings is 1. The van der Waals surface area contributed by atoms with Crippen molar-refractivity contribution in [2.75, 3.05) is 57.7 Å². The Kier molecular flexibility index (Phi) is 6.88. The zero-order valence-corrected chi connectivity index (χ0v) is 15.9. The summed E-state index contributed by atoms with van der Waals surface area (Å²) in [6, 6.07) is 7.24. The van der Waals surface area contributed by atoms with Crippen molar-refractivity contribution in [2.45, 2.75) is 19.3 Å². The largest absolute Gasteiger partial charge is 0.342 e. The number of piperidine rings is 1. The summed E-state index contributed by atoms with van der Waals surface area (Å²) in [7, 11) is 0. The second kappa shape index (κ2) is 9.35. The van der Waals surface area contributed by atoms with Crippen molar-refractivity contribution < 1.29 is 9.59 Å². The standard InChI is InChI=1S/C19H27ClN4O2/c20-16-6-2-3-7-17(16)21-18(25)14-22-10-12-23(13-11-22)15-19(26)24-8-4-1-5-9-24/h2-3,6-7H,1,4-5,8-15H2,(H,21,25). The lowest BCUT2D eigenvalue weighted by molar-refractivity contribution is -0.134. The number of nitrogens with zero attached hydrogens (tertiary/aromatic N) is 3. The lowest BCUT2D eigenvalue weighted by Crippen LogP contribution is -2.51. The SMILES string of the molecule is O=C(CN1CCN(CC(=O)N2CCCCC2)CC1)Nc1ccccc1Cl. The molecule has 0 atom stereocenters. The number of halogens is 1. The maximum Gasteiger partial charge on any atom is 0.238 e. The van der Waals surface area contributed by atoms with E-state index in [1.807, 2.05) is 17.0 Å². The van der Waals surface area contributed by atoms with Gasteiger partial charge in [-0.1, -0.05) is 23.7 Å². The van der Waals surface area contributed by atoms with Crippen molar-refractivity contribution in [2.24, 2.45) is 0 Å². The number of carbonyl (C=O) groups is 2. The Morgan fingerprint density at radius 2 is 1.50 bits per heavy atom. The van der Waals surface area contributed by atoms with Crippen LogP contribution >= 0.6 is 11.6 Å². The molecule has 2 amide bonds. The fraction of sp³-hybridized carbons (Fsp3) is 0.579. The van der Waals surface area contributed by atoms with E-state index < -0.39 is 0 Å². The summed E-state index contributed by atoms with van der Waals surface area (Å²) in [6.07, 6.45) is 3.48. The molecule has 0 saturated carbocycles. The van der Waals surface area contributed by atoms with E-state index in [0.717, 1.165) is 52.1 Å². The molecule has 0 aromatic heterocycles. The van der Waals surface area contributed by atoms with Crippen LogP contribution in [0.25, 0.3) is 0 Å². The predicted molar refractivity (Wildman–Crippen MR) is 103 cm³/mol. The van der Waals surface area contributed by atoms with Gasteiger partial charge >= 0.3 is 0 Å². The number of anilines is 1. The Morgan fingerprint density at radius 3 is 2.15 bits per heavy atom. The Labute approximate surface area is 160 Å². The third kappa shape index (κ3) is 5.43. The molecule has 3 rings (SSSR count). The molecule has 1 aromatic rings. The van der Waals surface area contributed by atoms with Crippen LogP contribution in [0.15, 0.2) is 24.3 Å². The van der Waals surface area contributed by atoms with E-state index in [1.165, 1.54) is 6.42 Å². The molecule has 0 bridgehead atoms. The Morgan fingerprint density at radius 1 is 0.885 bits per heavy atom. The molecule has 26 heavy (non-hydrogen) atoms. The van der Waals surface area contributed by atoms with Crippen molar-refractivity contribution in [1.29, 1.82) is 0 Å². The van der Waals surface area contributed by atoms with E-state index in [1.54, 1.807) is 12.1 Å². The molecule has 6 nitrogen and oxygen atoms in total. The molecule has 142 valence electrons. The van der Waals surface area contributed by atoms with Gasteiger partial charge in [-0.25, -0.2) is 0 Å². The molecule has 0 unspecified atom stereocenters. The van der Waals surface area contributed by atoms with Crippen LogP contribution in [0.1, 0.15) is 19.3 Å². The van der Waals surface area contributed by atoms with Crippen molar-refractivity contribution >= 4 is 29.1 Å². The third-order valence-corrected chi connectivity index (χ3v) is 5.38. The number of hydrogen-bond donors (Lipinski definition) is 1. The molecule has 1 N–H and O–H groups in total. The van der Waals surface area contributed by atoms with Crippen LogP contribution in [0.5, 0.6) is 0 Å². The number of carbonyl (C=O) groups excluding carboxylic acids is 2. The van der Waals surface area contributed by atoms with Crippen LogP contribution in [-0.4, -0.2) is 78.9 Å². The van der Waals surface area contributed by atoms with Gasteiger partial charge in [-0.15, -0.1) is 0 Å². The fourth-order valence-corrected chi connectivity index (χ4v) is 3.68. The molecule has 2 heterocycles. The number of piperazine rings is 1. The first-order valence-electron chi connectivity index (χ1n) is 9.39. The third-order valence-electron chi connectivity index (χ3n) is 5.05. The summed E-state index contributed by atoms with van der Waals surface area (Å²) in [6.45, 7) is 5.88. The van der Waals surface area contributed by atoms with Crippen LogP contribution in [0.3, 0.4) is 0 Å². The lowest BCUT2D eigenvalue weighted by atomic mass is 10.1. The van der Waals surface area contributed by atoms with Crippen molar-refractivity contribution in [1.82, 2.24) is 14.7 Å². The van der Waals surface area contributed by atoms with Gasteiger partial charge in [0.1, 0.15) is 0 Å². The minimum absolute atomic E-state index is 0.0593. The monoisotopic (exact) mass is 378 g/mol. The topological polar surface area (TPSA) is 55.9 Å². The van der Waals surface area contributed by atoms with E-state index in [4.69, 9.17) is 11.6 Å². The van der Waals surface area contributed by atoms with Crippen molar-refractivity contribution in [3.05, 3.63) is 29.3 Å². The highest BCUT2D eigenvalue weighted by Crippen LogP contribution is 2.20. The summed E-state index contributed by atoms with van der Waals surface area (Å²) in [4.78, 5) is 30.9. The minimum Gasteiger partial charge on any atom is -0.342 e. The summed E-state index contributed by atoms with van der Waals surface area (Å²) in [5.74, 6) is 0.186. The highest BCUT2D eigenvalue weighted by Gasteiger charge is 2.23. The Balaban J connectivity index is 1.38. The summed E-state index contributed by atoms with van der Waals surface area (Å²) >= 11 is 6.07. The second-order valence-electron chi connectivity index (χ2n) is 7.02. The highest BCUT2D eigenvalue weighted by atomic mass is 35.5. The smallest absolute Gasteiger partial charge is 0.238 e. The minimum atomic E-state index is -0.0593. The zero-order valence-electron chi connectivity index (χ0n) is 15.1. The summed E-state index contributed by atoms with van der Waals surface area (Å²) < 4.78 is 0. The quantitative estimate of drug-likeness (QED) is 0.850. The molecule has 2 saturated heterocycles. The van der Waals surface area contributed by atoms with Gasteiger partial charge in [-0.2, -0.15) is 0 Å². The lowest BCUT2D eigenvalue weighted by Gasteiger charge is -2.35. The summed E-state index contributed by atoms with van der Waals surface area (Å²) in [5.41, 5.74) is 0.643. The van der Waals surface area contributed by atoms with Gasteiger partial charge in [0.15, 0.2) is 0 Å². The van der Waals surface area contributed by atoms with Crippen molar-refractivity contribution in [3.8, 4) is 0 Å². The maximum atomic E-state index is 12.4. The molecule has 7 heteroatoms.